The van der Waals surface area contributed by atoms with Crippen molar-refractivity contribution in [1.29, 1.82) is 5.26 Å². The van der Waals surface area contributed by atoms with Crippen molar-refractivity contribution in [2.24, 2.45) is 0 Å². The maximum absolute atomic E-state index is 11.6. The van der Waals surface area contributed by atoms with E-state index in [0.29, 0.717) is 29.4 Å². The lowest BCUT2D eigenvalue weighted by atomic mass is 10.2. The number of nitrogens with zero attached hydrogens (tertiary/aromatic N) is 1. The Kier molecular flexibility index (Phi) is 5.47. The van der Waals surface area contributed by atoms with Gasteiger partial charge in [0.05, 0.1) is 17.2 Å². The third-order valence-corrected chi connectivity index (χ3v) is 2.57. The molecule has 0 saturated carbocycles. The summed E-state index contributed by atoms with van der Waals surface area (Å²) in [5.74, 6) is 0.0411. The van der Waals surface area contributed by atoms with Crippen molar-refractivity contribution >= 4 is 17.6 Å². The lowest BCUT2D eigenvalue weighted by Crippen LogP contribution is -2.28. The predicted octanol–water partition coefficient (Wildman–Crippen LogP) is 2.93. The molecule has 1 unspecified atom stereocenters. The number of esters is 1. The van der Waals surface area contributed by atoms with Crippen LogP contribution in [0, 0.1) is 11.3 Å². The Labute approximate surface area is 111 Å². The van der Waals surface area contributed by atoms with Gasteiger partial charge in [0.2, 0.25) is 0 Å². The molecule has 1 aromatic carbocycles. The van der Waals surface area contributed by atoms with Gasteiger partial charge >= 0.3 is 5.97 Å². The summed E-state index contributed by atoms with van der Waals surface area (Å²) in [5, 5.41) is 9.05. The van der Waals surface area contributed by atoms with Crippen molar-refractivity contribution < 1.29 is 14.3 Å². The summed E-state index contributed by atoms with van der Waals surface area (Å²) < 4.78 is 10.4. The maximum atomic E-state index is 11.6. The quantitative estimate of drug-likeness (QED) is 0.770. The van der Waals surface area contributed by atoms with Gasteiger partial charge in [-0.25, -0.2) is 4.79 Å². The minimum absolute atomic E-state index is 0.300. The van der Waals surface area contributed by atoms with Crippen molar-refractivity contribution in [3.8, 4) is 11.8 Å². The molecule has 96 valence electrons. The van der Waals surface area contributed by atoms with Crippen LogP contribution >= 0.6 is 11.6 Å². The molecular formula is C13H14ClNO3. The van der Waals surface area contributed by atoms with E-state index >= 15 is 0 Å². The van der Waals surface area contributed by atoms with Crippen LogP contribution in [0.1, 0.15) is 25.8 Å². The lowest BCUT2D eigenvalue weighted by molar-refractivity contribution is -0.151. The number of nitriles is 1. The first kappa shape index (κ1) is 14.3. The van der Waals surface area contributed by atoms with Gasteiger partial charge in [0, 0.05) is 6.07 Å². The molecule has 0 aliphatic heterocycles. The Morgan fingerprint density at radius 3 is 2.72 bits per heavy atom. The van der Waals surface area contributed by atoms with Gasteiger partial charge in [-0.3, -0.25) is 0 Å². The summed E-state index contributed by atoms with van der Waals surface area (Å²) in [5.41, 5.74) is 0.369. The minimum atomic E-state index is -0.658. The summed E-state index contributed by atoms with van der Waals surface area (Å²) in [6.07, 6.45) is -0.162. The van der Waals surface area contributed by atoms with Crippen LogP contribution in [0.2, 0.25) is 5.02 Å². The zero-order valence-corrected chi connectivity index (χ0v) is 11.0. The fraction of sp³-hybridized carbons (Fsp3) is 0.385. The van der Waals surface area contributed by atoms with E-state index < -0.39 is 12.1 Å². The summed E-state index contributed by atoms with van der Waals surface area (Å²) in [6.45, 7) is 3.88. The molecule has 0 N–H and O–H groups in total. The second-order valence-corrected chi connectivity index (χ2v) is 3.93. The van der Waals surface area contributed by atoms with Gasteiger partial charge in [-0.05, 0) is 25.5 Å². The molecule has 18 heavy (non-hydrogen) atoms. The average molecular weight is 268 g/mol. The molecule has 0 heterocycles. The first-order chi connectivity index (χ1) is 8.62. The normalized spacial score (nSPS) is 11.4. The molecule has 5 heteroatoms. The Morgan fingerprint density at radius 2 is 2.22 bits per heavy atom. The van der Waals surface area contributed by atoms with Gasteiger partial charge in [-0.1, -0.05) is 18.5 Å². The van der Waals surface area contributed by atoms with E-state index in [9.17, 15) is 4.79 Å². The molecular weight excluding hydrogens is 254 g/mol. The summed E-state index contributed by atoms with van der Waals surface area (Å²) in [4.78, 5) is 11.6. The number of hydrogen-bond donors (Lipinski definition) is 0. The van der Waals surface area contributed by atoms with Crippen LogP contribution in [0.15, 0.2) is 18.2 Å². The SMILES string of the molecule is CCOC(=O)C(CC)Oc1ccc(C#N)c(Cl)c1. The van der Waals surface area contributed by atoms with Crippen molar-refractivity contribution in [1.82, 2.24) is 0 Å². The number of ether oxygens (including phenoxy) is 2. The highest BCUT2D eigenvalue weighted by molar-refractivity contribution is 6.31. The Balaban J connectivity index is 2.80. The summed E-state index contributed by atoms with van der Waals surface area (Å²) in [6, 6.07) is 6.62. The molecule has 0 spiro atoms. The smallest absolute Gasteiger partial charge is 0.347 e. The lowest BCUT2D eigenvalue weighted by Gasteiger charge is -2.16. The Hall–Kier alpha value is -1.73. The third-order valence-electron chi connectivity index (χ3n) is 2.26. The highest BCUT2D eigenvalue weighted by Gasteiger charge is 2.19. The Morgan fingerprint density at radius 1 is 1.50 bits per heavy atom. The molecule has 0 aromatic heterocycles. The first-order valence-corrected chi connectivity index (χ1v) is 6.03. The molecule has 0 amide bonds. The van der Waals surface area contributed by atoms with Gasteiger partial charge in [0.25, 0.3) is 0 Å². The summed E-state index contributed by atoms with van der Waals surface area (Å²) in [7, 11) is 0. The topological polar surface area (TPSA) is 59.3 Å². The van der Waals surface area contributed by atoms with E-state index in [-0.39, 0.29) is 0 Å². The molecule has 1 rings (SSSR count). The van der Waals surface area contributed by atoms with Gasteiger partial charge in [0.1, 0.15) is 11.8 Å². The van der Waals surface area contributed by atoms with Crippen LogP contribution in [0.5, 0.6) is 5.75 Å². The van der Waals surface area contributed by atoms with E-state index in [2.05, 4.69) is 0 Å². The van der Waals surface area contributed by atoms with E-state index in [0.717, 1.165) is 0 Å². The molecule has 0 fully saturated rings. The number of benzene rings is 1. The highest BCUT2D eigenvalue weighted by atomic mass is 35.5. The van der Waals surface area contributed by atoms with E-state index in [1.807, 2.05) is 13.0 Å². The molecule has 0 radical (unpaired) electrons. The molecule has 0 aliphatic carbocycles. The van der Waals surface area contributed by atoms with Crippen molar-refractivity contribution in [2.75, 3.05) is 6.61 Å². The maximum Gasteiger partial charge on any atom is 0.347 e. The standard InChI is InChI=1S/C13H14ClNO3/c1-3-12(13(16)17-4-2)18-10-6-5-9(8-15)11(14)7-10/h5-7,12H,3-4H2,1-2H3. The molecule has 0 saturated heterocycles. The van der Waals surface area contributed by atoms with Crippen molar-refractivity contribution in [3.63, 3.8) is 0 Å². The van der Waals surface area contributed by atoms with Gasteiger partial charge in [-0.15, -0.1) is 0 Å². The fourth-order valence-corrected chi connectivity index (χ4v) is 1.57. The first-order valence-electron chi connectivity index (χ1n) is 5.65. The molecule has 0 bridgehead atoms. The van der Waals surface area contributed by atoms with Crippen LogP contribution in [0.4, 0.5) is 0 Å². The third kappa shape index (κ3) is 3.64. The number of carbonyl (C=O) groups excluding carboxylic acids is 1. The largest absolute Gasteiger partial charge is 0.479 e. The molecule has 4 nitrogen and oxygen atoms in total. The Bertz CT molecular complexity index is 468. The predicted molar refractivity (Wildman–Crippen MR) is 67.5 cm³/mol. The number of rotatable bonds is 5. The molecule has 0 aliphatic rings. The van der Waals surface area contributed by atoms with Gasteiger partial charge < -0.3 is 9.47 Å². The average Bonchev–Trinajstić information content (AvgIpc) is 2.36. The van der Waals surface area contributed by atoms with E-state index in [1.54, 1.807) is 19.1 Å². The van der Waals surface area contributed by atoms with Gasteiger partial charge in [-0.2, -0.15) is 5.26 Å². The molecule has 1 atom stereocenters. The fourth-order valence-electron chi connectivity index (χ4n) is 1.36. The van der Waals surface area contributed by atoms with Crippen LogP contribution in [0.3, 0.4) is 0 Å². The molecule has 1 aromatic rings. The van der Waals surface area contributed by atoms with Crippen molar-refractivity contribution in [3.05, 3.63) is 28.8 Å². The van der Waals surface area contributed by atoms with Crippen LogP contribution in [0.25, 0.3) is 0 Å². The second kappa shape index (κ2) is 6.87. The van der Waals surface area contributed by atoms with E-state index in [4.69, 9.17) is 26.3 Å². The van der Waals surface area contributed by atoms with E-state index in [1.165, 1.54) is 6.07 Å². The van der Waals surface area contributed by atoms with Crippen LogP contribution < -0.4 is 4.74 Å². The number of carbonyl (C=O) groups is 1. The monoisotopic (exact) mass is 267 g/mol. The highest BCUT2D eigenvalue weighted by Crippen LogP contribution is 2.23. The number of hydrogen-bond acceptors (Lipinski definition) is 4. The minimum Gasteiger partial charge on any atom is -0.479 e. The zero-order valence-electron chi connectivity index (χ0n) is 10.3. The number of halogens is 1. The van der Waals surface area contributed by atoms with Crippen molar-refractivity contribution in [2.45, 2.75) is 26.4 Å². The zero-order chi connectivity index (χ0) is 13.5. The van der Waals surface area contributed by atoms with Gasteiger partial charge in [0.15, 0.2) is 6.10 Å². The van der Waals surface area contributed by atoms with Crippen LogP contribution in [-0.2, 0) is 9.53 Å². The van der Waals surface area contributed by atoms with Crippen LogP contribution in [-0.4, -0.2) is 18.7 Å². The summed E-state index contributed by atoms with van der Waals surface area (Å²) >= 11 is 5.88. The second-order valence-electron chi connectivity index (χ2n) is 3.52.